The maximum absolute atomic E-state index is 12.8. The van der Waals surface area contributed by atoms with Crippen molar-refractivity contribution < 1.29 is 32.3 Å². The van der Waals surface area contributed by atoms with E-state index in [2.05, 4.69) is 10.6 Å². The van der Waals surface area contributed by atoms with Crippen molar-refractivity contribution in [1.82, 2.24) is 0 Å². The van der Waals surface area contributed by atoms with Gasteiger partial charge in [-0.2, -0.15) is 13.2 Å². The minimum Gasteiger partial charge on any atom is -0.456 e. The Morgan fingerprint density at radius 1 is 0.875 bits per heavy atom. The average Bonchev–Trinajstić information content (AvgIpc) is 2.70. The molecule has 6 nitrogen and oxygen atoms in total. The van der Waals surface area contributed by atoms with Gasteiger partial charge in [-0.05, 0) is 36.8 Å². The lowest BCUT2D eigenvalue weighted by Crippen LogP contribution is -2.21. The highest BCUT2D eigenvalue weighted by molar-refractivity contribution is 6.44. The van der Waals surface area contributed by atoms with Gasteiger partial charge >= 0.3 is 12.1 Å². The van der Waals surface area contributed by atoms with Gasteiger partial charge in [-0.3, -0.25) is 14.4 Å². The van der Waals surface area contributed by atoms with E-state index in [9.17, 15) is 27.6 Å². The van der Waals surface area contributed by atoms with Crippen LogP contribution in [0.1, 0.15) is 24.8 Å². The number of rotatable bonds is 8. The number of carbonyl (C=O) groups excluding carboxylic acids is 3. The largest absolute Gasteiger partial charge is 0.456 e. The van der Waals surface area contributed by atoms with E-state index in [-0.39, 0.29) is 45.7 Å². The Morgan fingerprint density at radius 2 is 1.56 bits per heavy atom. The van der Waals surface area contributed by atoms with Crippen LogP contribution in [0.15, 0.2) is 36.4 Å². The standard InChI is InChI=1S/C20H16Cl3F3N2O4/c21-12-8-7-11(20(24,25)26)9-15(12)28-16(29)5-2-6-18(31)32-10-17(30)27-14-4-1-3-13(22)19(14)23/h1,3-4,7-9H,2,5-6,10H2,(H,27,30)(H,28,29). The van der Waals surface area contributed by atoms with Crippen LogP contribution < -0.4 is 10.6 Å². The Labute approximate surface area is 196 Å². The monoisotopic (exact) mass is 510 g/mol. The topological polar surface area (TPSA) is 84.5 Å². The molecule has 0 fully saturated rings. The third kappa shape index (κ3) is 7.89. The van der Waals surface area contributed by atoms with Crippen molar-refractivity contribution in [2.75, 3.05) is 17.2 Å². The molecule has 12 heteroatoms. The molecule has 0 bridgehead atoms. The zero-order chi connectivity index (χ0) is 23.9. The van der Waals surface area contributed by atoms with E-state index in [4.69, 9.17) is 39.5 Å². The lowest BCUT2D eigenvalue weighted by atomic mass is 10.2. The molecule has 2 aromatic carbocycles. The van der Waals surface area contributed by atoms with Gasteiger partial charge in [-0.15, -0.1) is 0 Å². The molecular formula is C20H16Cl3F3N2O4. The molecule has 0 heterocycles. The van der Waals surface area contributed by atoms with Gasteiger partial charge in [0.1, 0.15) is 0 Å². The summed E-state index contributed by atoms with van der Waals surface area (Å²) in [6, 6.07) is 7.18. The molecular weight excluding hydrogens is 496 g/mol. The molecule has 2 rings (SSSR count). The summed E-state index contributed by atoms with van der Waals surface area (Å²) in [5.74, 6) is -2.01. The number of halogens is 6. The van der Waals surface area contributed by atoms with Crippen LogP contribution in [0.3, 0.4) is 0 Å². The molecule has 0 aliphatic carbocycles. The highest BCUT2D eigenvalue weighted by Crippen LogP contribution is 2.34. The number of esters is 1. The van der Waals surface area contributed by atoms with Crippen LogP contribution in [0, 0.1) is 0 Å². The summed E-state index contributed by atoms with van der Waals surface area (Å²) < 4.78 is 43.1. The molecule has 0 unspecified atom stereocenters. The number of anilines is 2. The Morgan fingerprint density at radius 3 is 2.25 bits per heavy atom. The molecule has 0 spiro atoms. The second-order valence-corrected chi connectivity index (χ2v) is 7.60. The summed E-state index contributed by atoms with van der Waals surface area (Å²) in [5.41, 5.74) is -0.895. The first kappa shape index (κ1) is 25.8. The number of benzene rings is 2. The first-order valence-corrected chi connectivity index (χ1v) is 10.2. The lowest BCUT2D eigenvalue weighted by molar-refractivity contribution is -0.147. The summed E-state index contributed by atoms with van der Waals surface area (Å²) in [7, 11) is 0. The van der Waals surface area contributed by atoms with Gasteiger partial charge in [-0.25, -0.2) is 0 Å². The number of alkyl halides is 3. The molecule has 2 N–H and O–H groups in total. The first-order valence-electron chi connectivity index (χ1n) is 9.03. The van der Waals surface area contributed by atoms with Crippen molar-refractivity contribution in [3.63, 3.8) is 0 Å². The van der Waals surface area contributed by atoms with Crippen molar-refractivity contribution in [2.45, 2.75) is 25.4 Å². The van der Waals surface area contributed by atoms with Crippen molar-refractivity contribution in [3.05, 3.63) is 57.0 Å². The third-order valence-corrected chi connectivity index (χ3v) is 5.09. The summed E-state index contributed by atoms with van der Waals surface area (Å²) >= 11 is 17.6. The van der Waals surface area contributed by atoms with Crippen LogP contribution in [0.2, 0.25) is 15.1 Å². The number of amides is 2. The lowest BCUT2D eigenvalue weighted by Gasteiger charge is -2.11. The smallest absolute Gasteiger partial charge is 0.416 e. The maximum atomic E-state index is 12.8. The Balaban J connectivity index is 1.74. The Bertz CT molecular complexity index is 1020. The van der Waals surface area contributed by atoms with E-state index in [1.165, 1.54) is 12.1 Å². The number of nitrogens with one attached hydrogen (secondary N) is 2. The zero-order valence-corrected chi connectivity index (χ0v) is 18.5. The van der Waals surface area contributed by atoms with Gasteiger partial charge in [0.25, 0.3) is 5.91 Å². The quantitative estimate of drug-likeness (QED) is 0.429. The van der Waals surface area contributed by atoms with Gasteiger partial charge in [-0.1, -0.05) is 40.9 Å². The van der Waals surface area contributed by atoms with Gasteiger partial charge < -0.3 is 15.4 Å². The van der Waals surface area contributed by atoms with E-state index in [0.717, 1.165) is 18.2 Å². The number of ether oxygens (including phenoxy) is 1. The highest BCUT2D eigenvalue weighted by atomic mass is 35.5. The molecule has 0 saturated carbocycles. The molecule has 0 radical (unpaired) electrons. The van der Waals surface area contributed by atoms with E-state index >= 15 is 0 Å². The van der Waals surface area contributed by atoms with Gasteiger partial charge in [0.2, 0.25) is 5.91 Å². The summed E-state index contributed by atoms with van der Waals surface area (Å²) in [5, 5.41) is 5.04. The molecule has 0 aromatic heterocycles. The molecule has 2 amide bonds. The fourth-order valence-corrected chi connectivity index (χ4v) is 2.92. The van der Waals surface area contributed by atoms with Gasteiger partial charge in [0.05, 0.1) is 32.0 Å². The molecule has 0 aliphatic heterocycles. The fourth-order valence-electron chi connectivity index (χ4n) is 2.41. The summed E-state index contributed by atoms with van der Waals surface area (Å²) in [4.78, 5) is 35.5. The number of hydrogen-bond donors (Lipinski definition) is 2. The van der Waals surface area contributed by atoms with Crippen LogP contribution in [0.25, 0.3) is 0 Å². The van der Waals surface area contributed by atoms with Crippen molar-refractivity contribution in [1.29, 1.82) is 0 Å². The van der Waals surface area contributed by atoms with E-state index < -0.39 is 36.1 Å². The second-order valence-electron chi connectivity index (χ2n) is 6.40. The molecule has 172 valence electrons. The van der Waals surface area contributed by atoms with Crippen LogP contribution in [-0.4, -0.2) is 24.4 Å². The number of hydrogen-bond acceptors (Lipinski definition) is 4. The predicted molar refractivity (Wildman–Crippen MR) is 115 cm³/mol. The van der Waals surface area contributed by atoms with Crippen LogP contribution >= 0.6 is 34.8 Å². The molecule has 2 aromatic rings. The molecule has 32 heavy (non-hydrogen) atoms. The Kier molecular flexibility index (Phi) is 9.18. The van der Waals surface area contributed by atoms with Crippen molar-refractivity contribution in [3.8, 4) is 0 Å². The minimum absolute atomic E-state index is 0.0446. The van der Waals surface area contributed by atoms with Crippen molar-refractivity contribution in [2.24, 2.45) is 0 Å². The highest BCUT2D eigenvalue weighted by Gasteiger charge is 2.31. The van der Waals surface area contributed by atoms with Crippen LogP contribution in [0.4, 0.5) is 24.5 Å². The maximum Gasteiger partial charge on any atom is 0.416 e. The van der Waals surface area contributed by atoms with Gasteiger partial charge in [0.15, 0.2) is 6.61 Å². The van der Waals surface area contributed by atoms with E-state index in [1.54, 1.807) is 6.07 Å². The molecule has 0 saturated heterocycles. The summed E-state index contributed by atoms with van der Waals surface area (Å²) in [6.07, 6.45) is -4.90. The second kappa shape index (κ2) is 11.4. The summed E-state index contributed by atoms with van der Waals surface area (Å²) in [6.45, 7) is -0.576. The van der Waals surface area contributed by atoms with Crippen LogP contribution in [0.5, 0.6) is 0 Å². The fraction of sp³-hybridized carbons (Fsp3) is 0.250. The average molecular weight is 512 g/mol. The third-order valence-electron chi connectivity index (χ3n) is 3.94. The normalized spacial score (nSPS) is 11.1. The first-order chi connectivity index (χ1) is 15.0. The van der Waals surface area contributed by atoms with E-state index in [1.807, 2.05) is 0 Å². The van der Waals surface area contributed by atoms with E-state index in [0.29, 0.717) is 0 Å². The molecule has 0 atom stereocenters. The van der Waals surface area contributed by atoms with Crippen LogP contribution in [-0.2, 0) is 25.3 Å². The Hall–Kier alpha value is -2.49. The number of carbonyl (C=O) groups is 3. The predicted octanol–water partition coefficient (Wildman–Crippen LogP) is 5.96. The molecule has 0 aliphatic rings. The zero-order valence-electron chi connectivity index (χ0n) is 16.2. The van der Waals surface area contributed by atoms with Crippen molar-refractivity contribution >= 4 is 64.0 Å². The SMILES string of the molecule is O=C(CCCC(=O)OCC(=O)Nc1cccc(Cl)c1Cl)Nc1cc(C(F)(F)F)ccc1Cl. The minimum atomic E-state index is -4.59. The van der Waals surface area contributed by atoms with Gasteiger partial charge in [0, 0.05) is 12.8 Å².